The molecule has 1 atom stereocenters. The van der Waals surface area contributed by atoms with E-state index in [1.165, 1.54) is 70.6 Å². The van der Waals surface area contributed by atoms with E-state index in [9.17, 15) is 0 Å². The molecule has 1 unspecified atom stereocenters. The molecule has 0 heterocycles. The van der Waals surface area contributed by atoms with Gasteiger partial charge < -0.3 is 0 Å². The monoisotopic (exact) mass is 209 g/mol. The molecule has 0 spiro atoms. The molecule has 0 saturated heterocycles. The zero-order valence-corrected chi connectivity index (χ0v) is 10.2. The van der Waals surface area contributed by atoms with Crippen molar-refractivity contribution in [3.05, 3.63) is 12.2 Å². The predicted molar refractivity (Wildman–Crippen MR) is 69.2 cm³/mol. The molecular formula is C15H28. The zero-order chi connectivity index (χ0) is 11.5. The number of allylic oxidation sites excluding steroid dienone is 2. The second-order valence-corrected chi connectivity index (χ2v) is 4.78. The second-order valence-electron chi connectivity index (χ2n) is 4.78. The lowest BCUT2D eigenvalue weighted by Gasteiger charge is -2.01. The van der Waals surface area contributed by atoms with E-state index in [0.717, 1.165) is 6.42 Å². The van der Waals surface area contributed by atoms with Gasteiger partial charge >= 0.3 is 0 Å². The first-order valence-corrected chi connectivity index (χ1v) is 6.98. The Morgan fingerprint density at radius 1 is 0.533 bits per heavy atom. The first-order valence-electron chi connectivity index (χ1n) is 7.56. The highest BCUT2D eigenvalue weighted by Gasteiger charge is 1.93. The Morgan fingerprint density at radius 2 is 1.00 bits per heavy atom. The van der Waals surface area contributed by atoms with Crippen LogP contribution in [0.1, 0.15) is 84.8 Å². The van der Waals surface area contributed by atoms with Crippen LogP contribution in [-0.4, -0.2) is 0 Å². The van der Waals surface area contributed by atoms with E-state index in [1.54, 1.807) is 0 Å². The van der Waals surface area contributed by atoms with Crippen molar-refractivity contribution in [2.45, 2.75) is 83.4 Å². The van der Waals surface area contributed by atoms with Crippen molar-refractivity contribution in [1.29, 1.82) is 0 Å². The Balaban J connectivity index is 2.18. The summed E-state index contributed by atoms with van der Waals surface area (Å²) in [7, 11) is 0. The molecule has 0 fully saturated rings. The first kappa shape index (κ1) is 11.2. The summed E-state index contributed by atoms with van der Waals surface area (Å²) in [6, 6.07) is 0. The summed E-state index contributed by atoms with van der Waals surface area (Å²) in [5, 5.41) is 0. The lowest BCUT2D eigenvalue weighted by atomic mass is 10.1. The Morgan fingerprint density at radius 3 is 1.60 bits per heavy atom. The molecule has 0 amide bonds. The van der Waals surface area contributed by atoms with E-state index in [1.807, 2.05) is 0 Å². The van der Waals surface area contributed by atoms with E-state index in [-0.39, 0.29) is 6.40 Å². The number of rotatable bonds is 0. The molecule has 0 radical (unpaired) electrons. The Bertz CT molecular complexity index is 174. The van der Waals surface area contributed by atoms with Crippen molar-refractivity contribution < 1.29 is 1.37 Å². The maximum absolute atomic E-state index is 7.86. The van der Waals surface area contributed by atoms with Gasteiger partial charge in [0.25, 0.3) is 0 Å². The lowest BCUT2D eigenvalue weighted by Crippen LogP contribution is -1.81. The fourth-order valence-electron chi connectivity index (χ4n) is 2.23. The van der Waals surface area contributed by atoms with Gasteiger partial charge in [-0.3, -0.25) is 0 Å². The minimum Gasteiger partial charge on any atom is -0.0885 e. The van der Waals surface area contributed by atoms with E-state index >= 15 is 0 Å². The third-order valence-electron chi connectivity index (χ3n) is 3.26. The van der Waals surface area contributed by atoms with E-state index < -0.39 is 0 Å². The van der Waals surface area contributed by atoms with Crippen LogP contribution in [0.25, 0.3) is 0 Å². The molecule has 1 rings (SSSR count). The first-order chi connectivity index (χ1) is 7.89. The largest absolute Gasteiger partial charge is 0.0885 e. The smallest absolute Gasteiger partial charge is 0.0310 e. The predicted octanol–water partition coefficient (Wildman–Crippen LogP) is 5.63. The van der Waals surface area contributed by atoms with Crippen LogP contribution in [0.3, 0.4) is 0 Å². The van der Waals surface area contributed by atoms with Crippen molar-refractivity contribution in [3.63, 3.8) is 0 Å². The summed E-state index contributed by atoms with van der Waals surface area (Å²) in [5.41, 5.74) is 0. The van der Waals surface area contributed by atoms with Gasteiger partial charge in [-0.05, 0) is 25.7 Å². The molecule has 0 heteroatoms. The minimum atomic E-state index is 0.0603. The average molecular weight is 209 g/mol. The molecule has 0 bridgehead atoms. The SMILES string of the molecule is [2H]C1C=CCCCCCCCCCCCC1. The van der Waals surface area contributed by atoms with E-state index in [2.05, 4.69) is 12.2 Å². The van der Waals surface area contributed by atoms with Gasteiger partial charge in [-0.1, -0.05) is 69.9 Å². The van der Waals surface area contributed by atoms with Crippen LogP contribution in [0.2, 0.25) is 0 Å². The molecule has 0 aromatic heterocycles. The Hall–Kier alpha value is -0.260. The molecule has 88 valence electrons. The topological polar surface area (TPSA) is 0 Å². The van der Waals surface area contributed by atoms with Gasteiger partial charge in [-0.2, -0.15) is 0 Å². The standard InChI is InChI=1S/C15H28/c1-2-4-6-8-10-12-14-15-13-11-9-7-5-3-1/h1-2H,3-15H2/i3D. The van der Waals surface area contributed by atoms with Gasteiger partial charge in [-0.25, -0.2) is 0 Å². The van der Waals surface area contributed by atoms with Crippen LogP contribution < -0.4 is 0 Å². The Kier molecular flexibility index (Phi) is 7.69. The van der Waals surface area contributed by atoms with Crippen molar-refractivity contribution in [2.24, 2.45) is 0 Å². The van der Waals surface area contributed by atoms with Gasteiger partial charge in [0.2, 0.25) is 0 Å². The van der Waals surface area contributed by atoms with Crippen LogP contribution in [0.4, 0.5) is 0 Å². The van der Waals surface area contributed by atoms with Crippen LogP contribution in [0.5, 0.6) is 0 Å². The van der Waals surface area contributed by atoms with Crippen LogP contribution in [0, 0.1) is 0 Å². The highest BCUT2D eigenvalue weighted by molar-refractivity contribution is 4.81. The van der Waals surface area contributed by atoms with E-state index in [0.29, 0.717) is 0 Å². The third-order valence-corrected chi connectivity index (χ3v) is 3.26. The zero-order valence-electron chi connectivity index (χ0n) is 11.2. The summed E-state index contributed by atoms with van der Waals surface area (Å²) in [6.45, 7) is 0. The van der Waals surface area contributed by atoms with Crippen LogP contribution in [-0.2, 0) is 0 Å². The van der Waals surface area contributed by atoms with Crippen molar-refractivity contribution in [2.75, 3.05) is 0 Å². The summed E-state index contributed by atoms with van der Waals surface area (Å²) in [5.74, 6) is 0. The summed E-state index contributed by atoms with van der Waals surface area (Å²) < 4.78 is 7.86. The molecule has 0 aromatic carbocycles. The third kappa shape index (κ3) is 8.72. The number of hydrogen-bond donors (Lipinski definition) is 0. The highest BCUT2D eigenvalue weighted by Crippen LogP contribution is 2.13. The summed E-state index contributed by atoms with van der Waals surface area (Å²) in [6.07, 6.45) is 20.5. The molecule has 1 aliphatic rings. The second kappa shape index (κ2) is 10.3. The average Bonchev–Trinajstić information content (AvgIpc) is 2.29. The number of hydrogen-bond acceptors (Lipinski definition) is 0. The van der Waals surface area contributed by atoms with E-state index in [4.69, 9.17) is 1.37 Å². The normalized spacial score (nSPS) is 28.8. The van der Waals surface area contributed by atoms with Crippen LogP contribution >= 0.6 is 0 Å². The summed E-state index contributed by atoms with van der Waals surface area (Å²) >= 11 is 0. The highest BCUT2D eigenvalue weighted by atomic mass is 14.0. The fraction of sp³-hybridized carbons (Fsp3) is 0.867. The quantitative estimate of drug-likeness (QED) is 0.454. The van der Waals surface area contributed by atoms with Gasteiger partial charge in [-0.15, -0.1) is 0 Å². The van der Waals surface area contributed by atoms with Gasteiger partial charge in [0.15, 0.2) is 0 Å². The molecule has 0 aromatic rings. The van der Waals surface area contributed by atoms with Crippen molar-refractivity contribution in [1.82, 2.24) is 0 Å². The molecule has 15 heavy (non-hydrogen) atoms. The van der Waals surface area contributed by atoms with Crippen molar-refractivity contribution >= 4 is 0 Å². The maximum Gasteiger partial charge on any atom is 0.0310 e. The maximum atomic E-state index is 7.86. The molecule has 0 nitrogen and oxygen atoms in total. The molecule has 0 N–H and O–H groups in total. The summed E-state index contributed by atoms with van der Waals surface area (Å²) in [4.78, 5) is 0. The van der Waals surface area contributed by atoms with Crippen LogP contribution in [0.15, 0.2) is 12.2 Å². The minimum absolute atomic E-state index is 0.0603. The molecule has 1 aliphatic carbocycles. The Labute approximate surface area is 97.6 Å². The van der Waals surface area contributed by atoms with Crippen molar-refractivity contribution in [3.8, 4) is 0 Å². The molecular weight excluding hydrogens is 180 g/mol. The van der Waals surface area contributed by atoms with Gasteiger partial charge in [0, 0.05) is 1.37 Å². The molecule has 0 saturated carbocycles. The van der Waals surface area contributed by atoms with Gasteiger partial charge in [0.1, 0.15) is 0 Å². The lowest BCUT2D eigenvalue weighted by molar-refractivity contribution is 0.549. The van der Waals surface area contributed by atoms with Gasteiger partial charge in [0.05, 0.1) is 0 Å². The fourth-order valence-corrected chi connectivity index (χ4v) is 2.23. The molecule has 0 aliphatic heterocycles.